The van der Waals surface area contributed by atoms with E-state index in [-0.39, 0.29) is 5.92 Å². The third-order valence-corrected chi connectivity index (χ3v) is 3.41. The van der Waals surface area contributed by atoms with Crippen molar-refractivity contribution >= 4 is 5.97 Å². The second-order valence-electron chi connectivity index (χ2n) is 4.56. The van der Waals surface area contributed by atoms with Crippen molar-refractivity contribution in [2.24, 2.45) is 11.8 Å². The second-order valence-corrected chi connectivity index (χ2v) is 4.56. The van der Waals surface area contributed by atoms with Crippen LogP contribution < -0.4 is 0 Å². The molecule has 15 heavy (non-hydrogen) atoms. The van der Waals surface area contributed by atoms with Gasteiger partial charge in [0.15, 0.2) is 0 Å². The summed E-state index contributed by atoms with van der Waals surface area (Å²) < 4.78 is 5.32. The Hall–Kier alpha value is -0.830. The van der Waals surface area contributed by atoms with Crippen molar-refractivity contribution in [1.29, 1.82) is 0 Å². The van der Waals surface area contributed by atoms with E-state index in [1.165, 1.54) is 5.57 Å². The molecule has 1 saturated heterocycles. The Labute approximate surface area is 90.1 Å². The predicted octanol–water partition coefficient (Wildman–Crippen LogP) is 2.22. The zero-order chi connectivity index (χ0) is 10.7. The van der Waals surface area contributed by atoms with Gasteiger partial charge < -0.3 is 9.84 Å². The molecule has 0 aromatic rings. The summed E-state index contributed by atoms with van der Waals surface area (Å²) in [6.45, 7) is 1.73. The van der Waals surface area contributed by atoms with Gasteiger partial charge in [-0.2, -0.15) is 0 Å². The Morgan fingerprint density at radius 3 is 2.60 bits per heavy atom. The Balaban J connectivity index is 1.84. The standard InChI is InChI=1S/C12H18O3/c13-12(14)11-3-1-9(2-4-11)7-10-5-6-15-8-10/h7,10-11H,1-6,8H2,(H,13,14). The average Bonchev–Trinajstić information content (AvgIpc) is 2.71. The first-order chi connectivity index (χ1) is 7.25. The van der Waals surface area contributed by atoms with Crippen LogP contribution in [0.25, 0.3) is 0 Å². The predicted molar refractivity (Wildman–Crippen MR) is 56.6 cm³/mol. The minimum atomic E-state index is -0.627. The van der Waals surface area contributed by atoms with Gasteiger partial charge in [-0.15, -0.1) is 0 Å². The van der Waals surface area contributed by atoms with Gasteiger partial charge in [0.1, 0.15) is 0 Å². The fourth-order valence-corrected chi connectivity index (χ4v) is 2.42. The van der Waals surface area contributed by atoms with E-state index in [2.05, 4.69) is 6.08 Å². The first-order valence-electron chi connectivity index (χ1n) is 5.76. The van der Waals surface area contributed by atoms with E-state index in [0.717, 1.165) is 45.3 Å². The number of ether oxygens (including phenoxy) is 1. The van der Waals surface area contributed by atoms with Gasteiger partial charge in [-0.05, 0) is 32.1 Å². The molecule has 1 saturated carbocycles. The Morgan fingerprint density at radius 2 is 2.07 bits per heavy atom. The van der Waals surface area contributed by atoms with Gasteiger partial charge in [-0.3, -0.25) is 4.79 Å². The van der Waals surface area contributed by atoms with E-state index in [1.54, 1.807) is 0 Å². The maximum Gasteiger partial charge on any atom is 0.306 e. The maximum atomic E-state index is 10.8. The molecule has 1 heterocycles. The average molecular weight is 210 g/mol. The quantitative estimate of drug-likeness (QED) is 0.711. The van der Waals surface area contributed by atoms with E-state index < -0.39 is 5.97 Å². The highest BCUT2D eigenvalue weighted by molar-refractivity contribution is 5.70. The van der Waals surface area contributed by atoms with E-state index in [0.29, 0.717) is 5.92 Å². The van der Waals surface area contributed by atoms with Gasteiger partial charge in [-0.1, -0.05) is 11.6 Å². The lowest BCUT2D eigenvalue weighted by Gasteiger charge is -2.21. The first-order valence-corrected chi connectivity index (χ1v) is 5.76. The van der Waals surface area contributed by atoms with Crippen molar-refractivity contribution in [1.82, 2.24) is 0 Å². The monoisotopic (exact) mass is 210 g/mol. The fraction of sp³-hybridized carbons (Fsp3) is 0.750. The molecule has 0 bridgehead atoms. The lowest BCUT2D eigenvalue weighted by molar-refractivity contribution is -0.142. The molecule has 0 amide bonds. The molecule has 3 nitrogen and oxygen atoms in total. The van der Waals surface area contributed by atoms with Crippen molar-refractivity contribution < 1.29 is 14.6 Å². The number of aliphatic carboxylic acids is 1. The van der Waals surface area contributed by atoms with Crippen molar-refractivity contribution in [3.8, 4) is 0 Å². The molecule has 0 spiro atoms. The number of hydrogen-bond acceptors (Lipinski definition) is 2. The lowest BCUT2D eigenvalue weighted by atomic mass is 9.84. The van der Waals surface area contributed by atoms with Crippen molar-refractivity contribution in [2.45, 2.75) is 32.1 Å². The van der Waals surface area contributed by atoms with Crippen LogP contribution in [-0.2, 0) is 9.53 Å². The molecule has 1 unspecified atom stereocenters. The molecule has 1 N–H and O–H groups in total. The van der Waals surface area contributed by atoms with E-state index in [1.807, 2.05) is 0 Å². The molecular formula is C12H18O3. The number of allylic oxidation sites excluding steroid dienone is 1. The van der Waals surface area contributed by atoms with Crippen molar-refractivity contribution in [2.75, 3.05) is 13.2 Å². The van der Waals surface area contributed by atoms with E-state index in [9.17, 15) is 4.79 Å². The van der Waals surface area contributed by atoms with Crippen LogP contribution >= 0.6 is 0 Å². The largest absolute Gasteiger partial charge is 0.481 e. The zero-order valence-corrected chi connectivity index (χ0v) is 8.95. The van der Waals surface area contributed by atoms with E-state index in [4.69, 9.17) is 9.84 Å². The SMILES string of the molecule is O=C(O)C1CCC(=CC2CCOC2)CC1. The number of rotatable bonds is 2. The highest BCUT2D eigenvalue weighted by atomic mass is 16.5. The third-order valence-electron chi connectivity index (χ3n) is 3.41. The van der Waals surface area contributed by atoms with Crippen LogP contribution in [0.5, 0.6) is 0 Å². The summed E-state index contributed by atoms with van der Waals surface area (Å²) in [6, 6.07) is 0. The highest BCUT2D eigenvalue weighted by Gasteiger charge is 2.23. The van der Waals surface area contributed by atoms with Crippen LogP contribution in [-0.4, -0.2) is 24.3 Å². The number of carbonyl (C=O) groups is 1. The lowest BCUT2D eigenvalue weighted by Crippen LogP contribution is -2.18. The van der Waals surface area contributed by atoms with Gasteiger partial charge in [0.25, 0.3) is 0 Å². The second kappa shape index (κ2) is 4.79. The fourth-order valence-electron chi connectivity index (χ4n) is 2.42. The van der Waals surface area contributed by atoms with Crippen LogP contribution in [0.2, 0.25) is 0 Å². The van der Waals surface area contributed by atoms with Gasteiger partial charge in [0.05, 0.1) is 12.5 Å². The number of carboxylic acid groups (broad SMARTS) is 1. The Morgan fingerprint density at radius 1 is 1.33 bits per heavy atom. The van der Waals surface area contributed by atoms with Crippen LogP contribution in [0.3, 0.4) is 0 Å². The molecular weight excluding hydrogens is 192 g/mol. The van der Waals surface area contributed by atoms with E-state index >= 15 is 0 Å². The summed E-state index contributed by atoms with van der Waals surface area (Å²) in [5, 5.41) is 8.87. The number of hydrogen-bond donors (Lipinski definition) is 1. The molecule has 2 rings (SSSR count). The van der Waals surface area contributed by atoms with Crippen molar-refractivity contribution in [3.63, 3.8) is 0 Å². The minimum absolute atomic E-state index is 0.109. The normalized spacial score (nSPS) is 31.6. The van der Waals surface area contributed by atoms with Crippen LogP contribution in [0.15, 0.2) is 11.6 Å². The molecule has 3 heteroatoms. The van der Waals surface area contributed by atoms with Gasteiger partial charge >= 0.3 is 5.97 Å². The summed E-state index contributed by atoms with van der Waals surface area (Å²) in [5.41, 5.74) is 1.45. The van der Waals surface area contributed by atoms with Crippen LogP contribution in [0, 0.1) is 11.8 Å². The van der Waals surface area contributed by atoms with Crippen LogP contribution in [0.4, 0.5) is 0 Å². The molecule has 2 fully saturated rings. The maximum absolute atomic E-state index is 10.8. The van der Waals surface area contributed by atoms with Gasteiger partial charge in [0.2, 0.25) is 0 Å². The van der Waals surface area contributed by atoms with Gasteiger partial charge in [-0.25, -0.2) is 0 Å². The Bertz CT molecular complexity index is 254. The zero-order valence-electron chi connectivity index (χ0n) is 8.95. The molecule has 0 aromatic heterocycles. The summed E-state index contributed by atoms with van der Waals surface area (Å²) in [5.74, 6) is -0.151. The van der Waals surface area contributed by atoms with Gasteiger partial charge in [0, 0.05) is 12.5 Å². The minimum Gasteiger partial charge on any atom is -0.481 e. The first kappa shape index (κ1) is 10.7. The molecule has 2 aliphatic rings. The summed E-state index contributed by atoms with van der Waals surface area (Å²) in [4.78, 5) is 10.8. The molecule has 1 aliphatic heterocycles. The highest BCUT2D eigenvalue weighted by Crippen LogP contribution is 2.30. The third kappa shape index (κ3) is 2.81. The Kier molecular flexibility index (Phi) is 3.41. The summed E-state index contributed by atoms with van der Waals surface area (Å²) in [6.07, 6.45) is 7.02. The smallest absolute Gasteiger partial charge is 0.306 e. The molecule has 1 aliphatic carbocycles. The summed E-state index contributed by atoms with van der Waals surface area (Å²) >= 11 is 0. The summed E-state index contributed by atoms with van der Waals surface area (Å²) in [7, 11) is 0. The van der Waals surface area contributed by atoms with Crippen LogP contribution in [0.1, 0.15) is 32.1 Å². The molecule has 0 radical (unpaired) electrons. The topological polar surface area (TPSA) is 46.5 Å². The number of carboxylic acids is 1. The molecule has 0 aromatic carbocycles. The van der Waals surface area contributed by atoms with Crippen molar-refractivity contribution in [3.05, 3.63) is 11.6 Å². The molecule has 1 atom stereocenters. The molecule has 84 valence electrons.